The molecule has 106 valence electrons. The van der Waals surface area contributed by atoms with Crippen LogP contribution in [0.5, 0.6) is 0 Å². The molecule has 20 heavy (non-hydrogen) atoms. The SMILES string of the molecule is CC(N)c1ccc(N(C)C(C)c2ccccc2Cl)cn1. The number of hydrogen-bond donors (Lipinski definition) is 1. The minimum Gasteiger partial charge on any atom is -0.367 e. The molecule has 2 atom stereocenters. The molecule has 0 amide bonds. The molecule has 2 aromatic rings. The zero-order chi connectivity index (χ0) is 14.7. The second-order valence-electron chi connectivity index (χ2n) is 5.04. The van der Waals surface area contributed by atoms with Crippen LogP contribution in [-0.4, -0.2) is 12.0 Å². The summed E-state index contributed by atoms with van der Waals surface area (Å²) in [5, 5.41) is 0.784. The first-order valence-electron chi connectivity index (χ1n) is 6.69. The van der Waals surface area contributed by atoms with Crippen LogP contribution in [0.2, 0.25) is 5.02 Å². The standard InChI is InChI=1S/C16H20ClN3/c1-11(18)16-9-8-13(10-19-16)20(3)12(2)14-6-4-5-7-15(14)17/h4-12H,18H2,1-3H3. The Morgan fingerprint density at radius 2 is 1.85 bits per heavy atom. The van der Waals surface area contributed by atoms with Crippen molar-refractivity contribution in [2.45, 2.75) is 25.9 Å². The Kier molecular flexibility index (Phi) is 4.63. The molecule has 0 fully saturated rings. The van der Waals surface area contributed by atoms with Crippen LogP contribution in [0.3, 0.4) is 0 Å². The van der Waals surface area contributed by atoms with E-state index in [2.05, 4.69) is 16.8 Å². The third-order valence-electron chi connectivity index (χ3n) is 3.58. The summed E-state index contributed by atoms with van der Waals surface area (Å²) in [6, 6.07) is 12.0. The molecule has 0 aliphatic rings. The lowest BCUT2D eigenvalue weighted by molar-refractivity contribution is 0.733. The maximum absolute atomic E-state index is 6.26. The van der Waals surface area contributed by atoms with Crippen LogP contribution in [-0.2, 0) is 0 Å². The number of anilines is 1. The van der Waals surface area contributed by atoms with Gasteiger partial charge in [0.2, 0.25) is 0 Å². The Bertz CT molecular complexity index is 566. The normalized spacial score (nSPS) is 13.8. The maximum atomic E-state index is 6.26. The number of nitrogens with two attached hydrogens (primary N) is 1. The van der Waals surface area contributed by atoms with E-state index in [0.717, 1.165) is 22.0 Å². The van der Waals surface area contributed by atoms with Crippen LogP contribution in [0.1, 0.15) is 37.2 Å². The van der Waals surface area contributed by atoms with Crippen molar-refractivity contribution in [3.63, 3.8) is 0 Å². The Balaban J connectivity index is 2.22. The lowest BCUT2D eigenvalue weighted by Gasteiger charge is -2.28. The second-order valence-corrected chi connectivity index (χ2v) is 5.45. The van der Waals surface area contributed by atoms with E-state index in [1.807, 2.05) is 56.6 Å². The van der Waals surface area contributed by atoms with Gasteiger partial charge in [0.15, 0.2) is 0 Å². The smallest absolute Gasteiger partial charge is 0.0569 e. The van der Waals surface area contributed by atoms with Gasteiger partial charge in [-0.25, -0.2) is 0 Å². The summed E-state index contributed by atoms with van der Waals surface area (Å²) < 4.78 is 0. The van der Waals surface area contributed by atoms with E-state index in [1.54, 1.807) is 0 Å². The van der Waals surface area contributed by atoms with Crippen molar-refractivity contribution < 1.29 is 0 Å². The summed E-state index contributed by atoms with van der Waals surface area (Å²) in [7, 11) is 2.04. The Hall–Kier alpha value is -1.58. The van der Waals surface area contributed by atoms with Gasteiger partial charge in [0, 0.05) is 18.1 Å². The van der Waals surface area contributed by atoms with E-state index in [-0.39, 0.29) is 12.1 Å². The number of halogens is 1. The topological polar surface area (TPSA) is 42.1 Å². The molecule has 0 aliphatic heterocycles. The van der Waals surface area contributed by atoms with Crippen molar-refractivity contribution >= 4 is 17.3 Å². The molecular weight excluding hydrogens is 270 g/mol. The maximum Gasteiger partial charge on any atom is 0.0569 e. The average Bonchev–Trinajstić information content (AvgIpc) is 2.46. The fourth-order valence-electron chi connectivity index (χ4n) is 2.12. The van der Waals surface area contributed by atoms with Gasteiger partial charge in [0.05, 0.1) is 23.6 Å². The van der Waals surface area contributed by atoms with Gasteiger partial charge in [-0.05, 0) is 37.6 Å². The highest BCUT2D eigenvalue weighted by atomic mass is 35.5. The molecule has 4 heteroatoms. The van der Waals surface area contributed by atoms with Gasteiger partial charge < -0.3 is 10.6 Å². The lowest BCUT2D eigenvalue weighted by Crippen LogP contribution is -2.22. The molecule has 0 radical (unpaired) electrons. The molecule has 0 spiro atoms. The number of hydrogen-bond acceptors (Lipinski definition) is 3. The fraction of sp³-hybridized carbons (Fsp3) is 0.312. The van der Waals surface area contributed by atoms with Crippen LogP contribution in [0, 0.1) is 0 Å². The van der Waals surface area contributed by atoms with Crippen molar-refractivity contribution in [1.82, 2.24) is 4.98 Å². The molecular formula is C16H20ClN3. The van der Waals surface area contributed by atoms with Crippen LogP contribution < -0.4 is 10.6 Å². The molecule has 2 rings (SSSR count). The molecule has 1 aromatic carbocycles. The van der Waals surface area contributed by atoms with E-state index in [1.165, 1.54) is 0 Å². The van der Waals surface area contributed by atoms with Crippen molar-refractivity contribution in [3.05, 3.63) is 58.9 Å². The third kappa shape index (κ3) is 3.11. The van der Waals surface area contributed by atoms with Crippen molar-refractivity contribution in [1.29, 1.82) is 0 Å². The molecule has 0 bridgehead atoms. The van der Waals surface area contributed by atoms with E-state index in [0.29, 0.717) is 0 Å². The predicted octanol–water partition coefficient (Wildman–Crippen LogP) is 3.95. The zero-order valence-corrected chi connectivity index (χ0v) is 12.8. The minimum absolute atomic E-state index is 0.0460. The monoisotopic (exact) mass is 289 g/mol. The first-order valence-corrected chi connectivity index (χ1v) is 7.07. The Morgan fingerprint density at radius 3 is 2.40 bits per heavy atom. The van der Waals surface area contributed by atoms with Crippen molar-refractivity contribution in [2.75, 3.05) is 11.9 Å². The molecule has 0 saturated carbocycles. The molecule has 2 unspecified atom stereocenters. The number of benzene rings is 1. The first kappa shape index (κ1) is 14.8. The molecule has 0 aliphatic carbocycles. The summed E-state index contributed by atoms with van der Waals surface area (Å²) in [4.78, 5) is 6.55. The molecule has 0 saturated heterocycles. The van der Waals surface area contributed by atoms with Gasteiger partial charge in [-0.2, -0.15) is 0 Å². The van der Waals surface area contributed by atoms with E-state index >= 15 is 0 Å². The van der Waals surface area contributed by atoms with E-state index < -0.39 is 0 Å². The van der Waals surface area contributed by atoms with Crippen LogP contribution in [0.4, 0.5) is 5.69 Å². The molecule has 2 N–H and O–H groups in total. The van der Waals surface area contributed by atoms with Gasteiger partial charge in [-0.1, -0.05) is 29.8 Å². The average molecular weight is 290 g/mol. The second kappa shape index (κ2) is 6.25. The predicted molar refractivity (Wildman–Crippen MR) is 85.1 cm³/mol. The van der Waals surface area contributed by atoms with Crippen molar-refractivity contribution in [2.24, 2.45) is 5.73 Å². The number of nitrogens with zero attached hydrogens (tertiary/aromatic N) is 2. The van der Waals surface area contributed by atoms with E-state index in [4.69, 9.17) is 17.3 Å². The highest BCUT2D eigenvalue weighted by Gasteiger charge is 2.15. The first-order chi connectivity index (χ1) is 9.50. The van der Waals surface area contributed by atoms with E-state index in [9.17, 15) is 0 Å². The van der Waals surface area contributed by atoms with Gasteiger partial charge in [-0.15, -0.1) is 0 Å². The lowest BCUT2D eigenvalue weighted by atomic mass is 10.1. The number of aromatic nitrogens is 1. The summed E-state index contributed by atoms with van der Waals surface area (Å²) in [5.41, 5.74) is 8.86. The minimum atomic E-state index is -0.0460. The summed E-state index contributed by atoms with van der Waals surface area (Å²) in [6.45, 7) is 4.05. The van der Waals surface area contributed by atoms with Gasteiger partial charge in [0.25, 0.3) is 0 Å². The third-order valence-corrected chi connectivity index (χ3v) is 3.93. The van der Waals surface area contributed by atoms with Crippen molar-refractivity contribution in [3.8, 4) is 0 Å². The molecule has 1 heterocycles. The Morgan fingerprint density at radius 1 is 1.15 bits per heavy atom. The summed E-state index contributed by atoms with van der Waals surface area (Å²) >= 11 is 6.26. The molecule has 1 aromatic heterocycles. The Labute approximate surface area is 125 Å². The quantitative estimate of drug-likeness (QED) is 0.926. The van der Waals surface area contributed by atoms with Crippen LogP contribution >= 0.6 is 11.6 Å². The van der Waals surface area contributed by atoms with Gasteiger partial charge in [-0.3, -0.25) is 4.98 Å². The largest absolute Gasteiger partial charge is 0.367 e. The van der Waals surface area contributed by atoms with Gasteiger partial charge in [0.1, 0.15) is 0 Å². The van der Waals surface area contributed by atoms with Crippen LogP contribution in [0.15, 0.2) is 42.6 Å². The highest BCUT2D eigenvalue weighted by Crippen LogP contribution is 2.29. The zero-order valence-electron chi connectivity index (χ0n) is 12.0. The number of rotatable bonds is 4. The van der Waals surface area contributed by atoms with Gasteiger partial charge >= 0.3 is 0 Å². The van der Waals surface area contributed by atoms with Crippen LogP contribution in [0.25, 0.3) is 0 Å². The fourth-order valence-corrected chi connectivity index (χ4v) is 2.42. The summed E-state index contributed by atoms with van der Waals surface area (Å²) in [6.07, 6.45) is 1.85. The molecule has 3 nitrogen and oxygen atoms in total. The number of pyridine rings is 1. The summed E-state index contributed by atoms with van der Waals surface area (Å²) in [5.74, 6) is 0. The highest BCUT2D eigenvalue weighted by molar-refractivity contribution is 6.31.